The summed E-state index contributed by atoms with van der Waals surface area (Å²) in [6.45, 7) is 10.1. The van der Waals surface area contributed by atoms with E-state index in [9.17, 15) is 0 Å². The van der Waals surface area contributed by atoms with Crippen molar-refractivity contribution in [3.63, 3.8) is 0 Å². The predicted molar refractivity (Wildman–Crippen MR) is 83.4 cm³/mol. The van der Waals surface area contributed by atoms with Crippen molar-refractivity contribution in [1.82, 2.24) is 9.88 Å². The Labute approximate surface area is 121 Å². The second-order valence-electron chi connectivity index (χ2n) is 5.29. The Morgan fingerprint density at radius 3 is 2.80 bits per heavy atom. The molecule has 0 aliphatic carbocycles. The van der Waals surface area contributed by atoms with Crippen LogP contribution in [0.2, 0.25) is 0 Å². The molecule has 0 radical (unpaired) electrons. The fourth-order valence-corrected chi connectivity index (χ4v) is 2.34. The van der Waals surface area contributed by atoms with Gasteiger partial charge in [-0.15, -0.1) is 0 Å². The van der Waals surface area contributed by atoms with Gasteiger partial charge in [0.05, 0.1) is 13.2 Å². The SMILES string of the molecule is CCCNc1cccc(NC(C)CN2CCOCC2)n1. The van der Waals surface area contributed by atoms with E-state index < -0.39 is 0 Å². The van der Waals surface area contributed by atoms with Crippen molar-refractivity contribution in [2.45, 2.75) is 26.3 Å². The van der Waals surface area contributed by atoms with Gasteiger partial charge in [0.1, 0.15) is 11.6 Å². The molecule has 0 bridgehead atoms. The molecule has 2 N–H and O–H groups in total. The summed E-state index contributed by atoms with van der Waals surface area (Å²) in [6.07, 6.45) is 1.10. The molecule has 0 aromatic carbocycles. The maximum Gasteiger partial charge on any atom is 0.128 e. The van der Waals surface area contributed by atoms with Crippen LogP contribution in [0.15, 0.2) is 18.2 Å². The van der Waals surface area contributed by atoms with Crippen LogP contribution in [0, 0.1) is 0 Å². The van der Waals surface area contributed by atoms with Gasteiger partial charge in [0, 0.05) is 32.2 Å². The second kappa shape index (κ2) is 8.07. The fraction of sp³-hybridized carbons (Fsp3) is 0.667. The highest BCUT2D eigenvalue weighted by Crippen LogP contribution is 2.11. The average Bonchev–Trinajstić information content (AvgIpc) is 2.46. The van der Waals surface area contributed by atoms with Gasteiger partial charge in [0.15, 0.2) is 0 Å². The molecule has 1 saturated heterocycles. The molecule has 1 fully saturated rings. The molecule has 1 aliphatic heterocycles. The Morgan fingerprint density at radius 2 is 2.05 bits per heavy atom. The van der Waals surface area contributed by atoms with Crippen molar-refractivity contribution >= 4 is 11.6 Å². The van der Waals surface area contributed by atoms with E-state index in [4.69, 9.17) is 4.74 Å². The summed E-state index contributed by atoms with van der Waals surface area (Å²) in [5.41, 5.74) is 0. The zero-order chi connectivity index (χ0) is 14.2. The normalized spacial score (nSPS) is 17.7. The first-order valence-electron chi connectivity index (χ1n) is 7.55. The molecule has 20 heavy (non-hydrogen) atoms. The standard InChI is InChI=1S/C15H26N4O/c1-3-7-16-14-5-4-6-15(18-14)17-13(2)12-19-8-10-20-11-9-19/h4-6,13H,3,7-12H2,1-2H3,(H2,16,17,18). The van der Waals surface area contributed by atoms with E-state index in [-0.39, 0.29) is 0 Å². The average molecular weight is 278 g/mol. The fourth-order valence-electron chi connectivity index (χ4n) is 2.34. The Bertz CT molecular complexity index is 393. The topological polar surface area (TPSA) is 49.4 Å². The summed E-state index contributed by atoms with van der Waals surface area (Å²) in [6, 6.07) is 6.44. The van der Waals surface area contributed by atoms with Crippen LogP contribution in [0.25, 0.3) is 0 Å². The maximum atomic E-state index is 5.37. The quantitative estimate of drug-likeness (QED) is 0.799. The molecule has 5 heteroatoms. The van der Waals surface area contributed by atoms with Crippen LogP contribution in [-0.2, 0) is 4.74 Å². The highest BCUT2D eigenvalue weighted by molar-refractivity contribution is 5.45. The second-order valence-corrected chi connectivity index (χ2v) is 5.29. The minimum atomic E-state index is 0.377. The van der Waals surface area contributed by atoms with Crippen molar-refractivity contribution in [3.8, 4) is 0 Å². The van der Waals surface area contributed by atoms with Gasteiger partial charge in [0.25, 0.3) is 0 Å². The molecule has 0 saturated carbocycles. The molecule has 2 rings (SSSR count). The zero-order valence-electron chi connectivity index (χ0n) is 12.6. The third kappa shape index (κ3) is 4.98. The summed E-state index contributed by atoms with van der Waals surface area (Å²) >= 11 is 0. The molecule has 1 aliphatic rings. The van der Waals surface area contributed by atoms with Crippen molar-refractivity contribution in [3.05, 3.63) is 18.2 Å². The molecule has 1 aromatic heterocycles. The Kier molecular flexibility index (Phi) is 6.08. The summed E-state index contributed by atoms with van der Waals surface area (Å²) in [5, 5.41) is 6.78. The lowest BCUT2D eigenvalue weighted by Gasteiger charge is -2.29. The van der Waals surface area contributed by atoms with Crippen molar-refractivity contribution in [1.29, 1.82) is 0 Å². The summed E-state index contributed by atoms with van der Waals surface area (Å²) in [4.78, 5) is 7.01. The lowest BCUT2D eigenvalue weighted by Crippen LogP contribution is -2.42. The van der Waals surface area contributed by atoms with Gasteiger partial charge < -0.3 is 15.4 Å². The van der Waals surface area contributed by atoms with Crippen LogP contribution in [0.4, 0.5) is 11.6 Å². The first-order chi connectivity index (χ1) is 9.78. The largest absolute Gasteiger partial charge is 0.379 e. The molecular formula is C15H26N4O. The molecule has 2 heterocycles. The van der Waals surface area contributed by atoms with E-state index in [1.165, 1.54) is 0 Å². The minimum Gasteiger partial charge on any atom is -0.379 e. The van der Waals surface area contributed by atoms with E-state index >= 15 is 0 Å². The number of hydrogen-bond acceptors (Lipinski definition) is 5. The predicted octanol–water partition coefficient (Wildman–Crippen LogP) is 2.04. The third-order valence-corrected chi connectivity index (χ3v) is 3.34. The summed E-state index contributed by atoms with van der Waals surface area (Å²) in [7, 11) is 0. The monoisotopic (exact) mass is 278 g/mol. The maximum absolute atomic E-state index is 5.37. The number of ether oxygens (including phenoxy) is 1. The highest BCUT2D eigenvalue weighted by atomic mass is 16.5. The lowest BCUT2D eigenvalue weighted by molar-refractivity contribution is 0.0368. The lowest BCUT2D eigenvalue weighted by atomic mass is 10.3. The molecule has 1 atom stereocenters. The van der Waals surface area contributed by atoms with Gasteiger partial charge in [0.2, 0.25) is 0 Å². The van der Waals surface area contributed by atoms with Gasteiger partial charge in [-0.05, 0) is 25.5 Å². The van der Waals surface area contributed by atoms with Crippen LogP contribution < -0.4 is 10.6 Å². The third-order valence-electron chi connectivity index (χ3n) is 3.34. The van der Waals surface area contributed by atoms with E-state index in [2.05, 4.69) is 34.4 Å². The van der Waals surface area contributed by atoms with Gasteiger partial charge in [-0.1, -0.05) is 13.0 Å². The summed E-state index contributed by atoms with van der Waals surface area (Å²) in [5.74, 6) is 1.88. The number of nitrogens with one attached hydrogen (secondary N) is 2. The van der Waals surface area contributed by atoms with Crippen LogP contribution in [0.5, 0.6) is 0 Å². The van der Waals surface area contributed by atoms with E-state index in [0.717, 1.165) is 57.4 Å². The van der Waals surface area contributed by atoms with Crippen molar-refractivity contribution < 1.29 is 4.74 Å². The molecule has 5 nitrogen and oxygen atoms in total. The number of hydrogen-bond donors (Lipinski definition) is 2. The molecular weight excluding hydrogens is 252 g/mol. The Balaban J connectivity index is 1.81. The van der Waals surface area contributed by atoms with Gasteiger partial charge in [-0.2, -0.15) is 0 Å². The molecule has 1 aromatic rings. The number of nitrogens with zero attached hydrogens (tertiary/aromatic N) is 2. The molecule has 0 spiro atoms. The number of rotatable bonds is 7. The van der Waals surface area contributed by atoms with Crippen molar-refractivity contribution in [2.75, 3.05) is 50.0 Å². The van der Waals surface area contributed by atoms with Crippen LogP contribution in [0.1, 0.15) is 20.3 Å². The first kappa shape index (κ1) is 15.1. The number of morpholine rings is 1. The number of anilines is 2. The van der Waals surface area contributed by atoms with Gasteiger partial charge in [-0.3, -0.25) is 4.90 Å². The van der Waals surface area contributed by atoms with Crippen LogP contribution >= 0.6 is 0 Å². The van der Waals surface area contributed by atoms with E-state index in [1.807, 2.05) is 18.2 Å². The molecule has 112 valence electrons. The first-order valence-corrected chi connectivity index (χ1v) is 7.55. The molecule has 1 unspecified atom stereocenters. The Hall–Kier alpha value is -1.33. The zero-order valence-corrected chi connectivity index (χ0v) is 12.6. The van der Waals surface area contributed by atoms with E-state index in [0.29, 0.717) is 6.04 Å². The van der Waals surface area contributed by atoms with Crippen molar-refractivity contribution in [2.24, 2.45) is 0 Å². The summed E-state index contributed by atoms with van der Waals surface area (Å²) < 4.78 is 5.37. The smallest absolute Gasteiger partial charge is 0.128 e. The van der Waals surface area contributed by atoms with Gasteiger partial charge >= 0.3 is 0 Å². The van der Waals surface area contributed by atoms with Crippen LogP contribution in [-0.4, -0.2) is 55.3 Å². The highest BCUT2D eigenvalue weighted by Gasteiger charge is 2.13. The van der Waals surface area contributed by atoms with Gasteiger partial charge in [-0.25, -0.2) is 4.98 Å². The van der Waals surface area contributed by atoms with Crippen LogP contribution in [0.3, 0.4) is 0 Å². The minimum absolute atomic E-state index is 0.377. The number of pyridine rings is 1. The number of aromatic nitrogens is 1. The van der Waals surface area contributed by atoms with E-state index in [1.54, 1.807) is 0 Å². The molecule has 0 amide bonds. The Morgan fingerprint density at radius 1 is 1.30 bits per heavy atom.